The van der Waals surface area contributed by atoms with E-state index < -0.39 is 0 Å². The van der Waals surface area contributed by atoms with Gasteiger partial charge in [0.25, 0.3) is 0 Å². The van der Waals surface area contributed by atoms with Crippen LogP contribution in [0, 0.1) is 5.41 Å². The fourth-order valence-corrected chi connectivity index (χ4v) is 3.32. The van der Waals surface area contributed by atoms with E-state index in [4.69, 9.17) is 9.47 Å². The molecule has 0 radical (unpaired) electrons. The first-order chi connectivity index (χ1) is 10.0. The molecule has 1 fully saturated rings. The lowest BCUT2D eigenvalue weighted by atomic mass is 9.61. The van der Waals surface area contributed by atoms with E-state index in [1.165, 1.54) is 5.56 Å². The van der Waals surface area contributed by atoms with Gasteiger partial charge in [0.05, 0.1) is 13.2 Å². The van der Waals surface area contributed by atoms with Crippen LogP contribution in [0.25, 0.3) is 0 Å². The van der Waals surface area contributed by atoms with Crippen molar-refractivity contribution < 1.29 is 9.47 Å². The highest BCUT2D eigenvalue weighted by atomic mass is 16.5. The molecular weight excluding hydrogens is 262 g/mol. The highest BCUT2D eigenvalue weighted by molar-refractivity contribution is 5.30. The third-order valence-electron chi connectivity index (χ3n) is 5.16. The molecule has 118 valence electrons. The SMILES string of the molecule is CCOC1CC(N[C@@H](C)c2cccc(OC)c2)C1(C)CC. The van der Waals surface area contributed by atoms with Crippen molar-refractivity contribution in [3.8, 4) is 5.75 Å². The average Bonchev–Trinajstić information content (AvgIpc) is 2.52. The number of hydrogen-bond acceptors (Lipinski definition) is 3. The largest absolute Gasteiger partial charge is 0.497 e. The Morgan fingerprint density at radius 2 is 2.14 bits per heavy atom. The maximum absolute atomic E-state index is 5.88. The van der Waals surface area contributed by atoms with E-state index in [-0.39, 0.29) is 5.41 Å². The van der Waals surface area contributed by atoms with E-state index in [2.05, 4.69) is 51.2 Å². The molecular formula is C18H29NO2. The quantitative estimate of drug-likeness (QED) is 0.825. The minimum atomic E-state index is 0.239. The van der Waals surface area contributed by atoms with Crippen LogP contribution in [0.1, 0.15) is 52.1 Å². The molecule has 0 bridgehead atoms. The van der Waals surface area contributed by atoms with E-state index in [1.54, 1.807) is 7.11 Å². The molecule has 1 aliphatic carbocycles. The number of hydrogen-bond donors (Lipinski definition) is 1. The smallest absolute Gasteiger partial charge is 0.119 e. The van der Waals surface area contributed by atoms with Crippen LogP contribution in [0.15, 0.2) is 24.3 Å². The van der Waals surface area contributed by atoms with Gasteiger partial charge in [-0.2, -0.15) is 0 Å². The number of nitrogens with one attached hydrogen (secondary N) is 1. The second kappa shape index (κ2) is 6.80. The summed E-state index contributed by atoms with van der Waals surface area (Å²) >= 11 is 0. The van der Waals surface area contributed by atoms with Crippen LogP contribution in [0.5, 0.6) is 5.75 Å². The topological polar surface area (TPSA) is 30.5 Å². The second-order valence-corrected chi connectivity index (χ2v) is 6.26. The van der Waals surface area contributed by atoms with E-state index in [9.17, 15) is 0 Å². The molecule has 0 aromatic heterocycles. The molecule has 0 spiro atoms. The number of methoxy groups -OCH3 is 1. The van der Waals surface area contributed by atoms with Gasteiger partial charge in [-0.3, -0.25) is 0 Å². The normalized spacial score (nSPS) is 29.8. The number of benzene rings is 1. The maximum Gasteiger partial charge on any atom is 0.119 e. The zero-order valence-electron chi connectivity index (χ0n) is 14.0. The summed E-state index contributed by atoms with van der Waals surface area (Å²) in [7, 11) is 1.71. The predicted molar refractivity (Wildman–Crippen MR) is 86.8 cm³/mol. The molecule has 0 amide bonds. The van der Waals surface area contributed by atoms with Crippen molar-refractivity contribution in [1.82, 2.24) is 5.32 Å². The highest BCUT2D eigenvalue weighted by Gasteiger charge is 2.51. The third kappa shape index (κ3) is 3.24. The van der Waals surface area contributed by atoms with Gasteiger partial charge in [-0.05, 0) is 44.4 Å². The molecule has 1 aliphatic rings. The first-order valence-corrected chi connectivity index (χ1v) is 8.06. The molecule has 1 N–H and O–H groups in total. The summed E-state index contributed by atoms with van der Waals surface area (Å²) in [5.41, 5.74) is 1.51. The van der Waals surface area contributed by atoms with Crippen molar-refractivity contribution in [3.63, 3.8) is 0 Å². The van der Waals surface area contributed by atoms with Crippen molar-refractivity contribution in [2.45, 2.75) is 58.7 Å². The van der Waals surface area contributed by atoms with E-state index >= 15 is 0 Å². The molecule has 1 saturated carbocycles. The lowest BCUT2D eigenvalue weighted by molar-refractivity contribution is -0.127. The second-order valence-electron chi connectivity index (χ2n) is 6.26. The summed E-state index contributed by atoms with van der Waals surface area (Å²) in [5, 5.41) is 3.78. The zero-order chi connectivity index (χ0) is 15.5. The number of rotatable bonds is 7. The first-order valence-electron chi connectivity index (χ1n) is 8.06. The van der Waals surface area contributed by atoms with Crippen LogP contribution in [-0.2, 0) is 4.74 Å². The Morgan fingerprint density at radius 3 is 2.76 bits per heavy atom. The van der Waals surface area contributed by atoms with Gasteiger partial charge in [-0.15, -0.1) is 0 Å². The lowest BCUT2D eigenvalue weighted by Gasteiger charge is -2.54. The summed E-state index contributed by atoms with van der Waals surface area (Å²) in [6, 6.07) is 9.14. The minimum absolute atomic E-state index is 0.239. The van der Waals surface area contributed by atoms with Crippen molar-refractivity contribution in [2.75, 3.05) is 13.7 Å². The van der Waals surface area contributed by atoms with Crippen LogP contribution in [-0.4, -0.2) is 25.9 Å². The Morgan fingerprint density at radius 1 is 1.38 bits per heavy atom. The van der Waals surface area contributed by atoms with E-state index in [0.717, 1.165) is 25.2 Å². The van der Waals surface area contributed by atoms with Crippen molar-refractivity contribution in [1.29, 1.82) is 0 Å². The summed E-state index contributed by atoms with van der Waals surface area (Å²) in [6.07, 6.45) is 2.63. The molecule has 3 unspecified atom stereocenters. The fourth-order valence-electron chi connectivity index (χ4n) is 3.32. The Bertz CT molecular complexity index is 462. The molecule has 2 rings (SSSR count). The summed E-state index contributed by atoms with van der Waals surface area (Å²) in [4.78, 5) is 0. The van der Waals surface area contributed by atoms with Gasteiger partial charge in [0.1, 0.15) is 5.75 Å². The Labute approximate surface area is 129 Å². The molecule has 1 aromatic rings. The summed E-state index contributed by atoms with van der Waals surface area (Å²) in [5.74, 6) is 0.917. The molecule has 1 aromatic carbocycles. The average molecular weight is 291 g/mol. The van der Waals surface area contributed by atoms with Gasteiger partial charge in [0, 0.05) is 24.1 Å². The molecule has 0 heterocycles. The van der Waals surface area contributed by atoms with E-state index in [0.29, 0.717) is 18.2 Å². The molecule has 4 atom stereocenters. The lowest BCUT2D eigenvalue weighted by Crippen LogP contribution is -2.62. The molecule has 3 nitrogen and oxygen atoms in total. The van der Waals surface area contributed by atoms with Crippen LogP contribution in [0.3, 0.4) is 0 Å². The first kappa shape index (κ1) is 16.3. The molecule has 0 aliphatic heterocycles. The zero-order valence-corrected chi connectivity index (χ0v) is 14.0. The van der Waals surface area contributed by atoms with Crippen molar-refractivity contribution >= 4 is 0 Å². The van der Waals surface area contributed by atoms with Gasteiger partial charge >= 0.3 is 0 Å². The van der Waals surface area contributed by atoms with Crippen molar-refractivity contribution in [3.05, 3.63) is 29.8 Å². The van der Waals surface area contributed by atoms with Crippen LogP contribution >= 0.6 is 0 Å². The number of ether oxygens (including phenoxy) is 2. The molecule has 3 heteroatoms. The third-order valence-corrected chi connectivity index (χ3v) is 5.16. The standard InChI is InChI=1S/C18H29NO2/c1-6-18(4)16(12-17(18)21-7-2)19-13(3)14-9-8-10-15(11-14)20-5/h8-11,13,16-17,19H,6-7,12H2,1-5H3/t13-,16?,17?,18?/m0/s1. The highest BCUT2D eigenvalue weighted by Crippen LogP contribution is 2.46. The van der Waals surface area contributed by atoms with Gasteiger partial charge in [-0.25, -0.2) is 0 Å². The van der Waals surface area contributed by atoms with Crippen molar-refractivity contribution in [2.24, 2.45) is 5.41 Å². The van der Waals surface area contributed by atoms with Crippen LogP contribution < -0.4 is 10.1 Å². The van der Waals surface area contributed by atoms with Gasteiger partial charge in [0.15, 0.2) is 0 Å². The Hall–Kier alpha value is -1.06. The summed E-state index contributed by atoms with van der Waals surface area (Å²) in [6.45, 7) is 9.70. The van der Waals surface area contributed by atoms with E-state index in [1.807, 2.05) is 6.07 Å². The Balaban J connectivity index is 2.01. The fraction of sp³-hybridized carbons (Fsp3) is 0.667. The van der Waals surface area contributed by atoms with Gasteiger partial charge in [-0.1, -0.05) is 26.0 Å². The molecule has 21 heavy (non-hydrogen) atoms. The minimum Gasteiger partial charge on any atom is -0.497 e. The van der Waals surface area contributed by atoms with Crippen LogP contribution in [0.4, 0.5) is 0 Å². The maximum atomic E-state index is 5.88. The van der Waals surface area contributed by atoms with Gasteiger partial charge < -0.3 is 14.8 Å². The summed E-state index contributed by atoms with van der Waals surface area (Å²) < 4.78 is 11.2. The monoisotopic (exact) mass is 291 g/mol. The predicted octanol–water partition coefficient (Wildman–Crippen LogP) is 3.94. The van der Waals surface area contributed by atoms with Gasteiger partial charge in [0.2, 0.25) is 0 Å². The Kier molecular flexibility index (Phi) is 5.28. The molecule has 0 saturated heterocycles. The van der Waals surface area contributed by atoms with Crippen LogP contribution in [0.2, 0.25) is 0 Å².